The van der Waals surface area contributed by atoms with Gasteiger partial charge in [0.25, 0.3) is 0 Å². The van der Waals surface area contributed by atoms with Gasteiger partial charge >= 0.3 is 0 Å². The number of benzene rings is 1. The Morgan fingerprint density at radius 2 is 1.96 bits per heavy atom. The van der Waals surface area contributed by atoms with Crippen LogP contribution in [0.1, 0.15) is 23.2 Å². The maximum Gasteiger partial charge on any atom is 0.195 e. The highest BCUT2D eigenvalue weighted by Gasteiger charge is 2.11. The van der Waals surface area contributed by atoms with Gasteiger partial charge in [0.05, 0.1) is 10.0 Å². The lowest BCUT2D eigenvalue weighted by Crippen LogP contribution is -2.00. The molecule has 2 heterocycles. The van der Waals surface area contributed by atoms with Gasteiger partial charge in [-0.2, -0.15) is 0 Å². The van der Waals surface area contributed by atoms with E-state index in [0.29, 0.717) is 45.0 Å². The molecule has 8 heteroatoms. The van der Waals surface area contributed by atoms with Crippen molar-refractivity contribution in [3.63, 3.8) is 0 Å². The summed E-state index contributed by atoms with van der Waals surface area (Å²) in [5.74, 6) is 0.337. The second kappa shape index (κ2) is 7.51. The third-order valence-electron chi connectivity index (χ3n) is 3.34. The van der Waals surface area contributed by atoms with Gasteiger partial charge in [0.15, 0.2) is 16.6 Å². The average Bonchev–Trinajstić information content (AvgIpc) is 2.95. The van der Waals surface area contributed by atoms with Crippen molar-refractivity contribution in [1.82, 2.24) is 14.6 Å². The Bertz CT molecular complexity index is 883. The van der Waals surface area contributed by atoms with Crippen molar-refractivity contribution in [1.29, 1.82) is 0 Å². The highest BCUT2D eigenvalue weighted by molar-refractivity contribution is 7.99. The van der Waals surface area contributed by atoms with Crippen LogP contribution in [-0.4, -0.2) is 26.1 Å². The molecule has 0 fully saturated rings. The zero-order valence-corrected chi connectivity index (χ0v) is 14.7. The molecule has 3 rings (SSSR count). The fourth-order valence-corrected chi connectivity index (χ4v) is 3.53. The first kappa shape index (κ1) is 17.2. The monoisotopic (exact) mass is 383 g/mol. The Balaban J connectivity index is 1.57. The van der Waals surface area contributed by atoms with Gasteiger partial charge in [0.1, 0.15) is 5.82 Å². The third-order valence-corrected chi connectivity index (χ3v) is 4.85. The molecular weight excluding hydrogens is 372 g/mol. The van der Waals surface area contributed by atoms with Crippen LogP contribution in [0.2, 0.25) is 10.0 Å². The smallest absolute Gasteiger partial charge is 0.195 e. The van der Waals surface area contributed by atoms with Crippen LogP contribution in [-0.2, 0) is 0 Å². The molecule has 0 amide bonds. The molecule has 124 valence electrons. The molecular formula is C16H12Cl2FN3OS. The van der Waals surface area contributed by atoms with E-state index in [1.807, 2.05) is 0 Å². The second-order valence-electron chi connectivity index (χ2n) is 5.06. The van der Waals surface area contributed by atoms with E-state index in [2.05, 4.69) is 10.2 Å². The quantitative estimate of drug-likeness (QED) is 0.344. The van der Waals surface area contributed by atoms with E-state index < -0.39 is 0 Å². The summed E-state index contributed by atoms with van der Waals surface area (Å²) in [6, 6.07) is 7.19. The van der Waals surface area contributed by atoms with Crippen LogP contribution in [0.3, 0.4) is 0 Å². The zero-order chi connectivity index (χ0) is 17.1. The first-order valence-electron chi connectivity index (χ1n) is 7.16. The Hall–Kier alpha value is -1.63. The number of hydrogen-bond donors (Lipinski definition) is 0. The molecule has 0 N–H and O–H groups in total. The topological polar surface area (TPSA) is 47.3 Å². The number of carbonyl (C=O) groups is 1. The van der Waals surface area contributed by atoms with E-state index in [0.717, 1.165) is 0 Å². The van der Waals surface area contributed by atoms with Crippen LogP contribution in [0.4, 0.5) is 4.39 Å². The first-order chi connectivity index (χ1) is 11.5. The van der Waals surface area contributed by atoms with E-state index >= 15 is 0 Å². The van der Waals surface area contributed by atoms with Gasteiger partial charge in [-0.05, 0) is 36.8 Å². The summed E-state index contributed by atoms with van der Waals surface area (Å²) in [5, 5.41) is 9.72. The predicted molar refractivity (Wildman–Crippen MR) is 93.7 cm³/mol. The molecule has 0 aliphatic carbocycles. The van der Waals surface area contributed by atoms with Crippen LogP contribution < -0.4 is 0 Å². The van der Waals surface area contributed by atoms with E-state index in [1.165, 1.54) is 36.0 Å². The molecule has 0 spiro atoms. The number of Topliss-reactive ketones (excluding diaryl/α,β-unsaturated/α-hetero) is 1. The largest absolute Gasteiger partial charge is 0.294 e. The Morgan fingerprint density at radius 3 is 2.71 bits per heavy atom. The summed E-state index contributed by atoms with van der Waals surface area (Å²) in [4.78, 5) is 12.0. The lowest BCUT2D eigenvalue weighted by molar-refractivity contribution is 0.0982. The summed E-state index contributed by atoms with van der Waals surface area (Å²) in [6.45, 7) is 0. The van der Waals surface area contributed by atoms with Gasteiger partial charge in [-0.3, -0.25) is 9.20 Å². The molecule has 2 aromatic heterocycles. The Kier molecular flexibility index (Phi) is 5.38. The average molecular weight is 384 g/mol. The minimum atomic E-state index is -0.349. The minimum absolute atomic E-state index is 0.00668. The Labute approximate surface area is 152 Å². The van der Waals surface area contributed by atoms with Crippen molar-refractivity contribution in [3.8, 4) is 0 Å². The summed E-state index contributed by atoms with van der Waals surface area (Å²) < 4.78 is 14.6. The predicted octanol–water partition coefficient (Wildman–Crippen LogP) is 4.93. The van der Waals surface area contributed by atoms with E-state index in [4.69, 9.17) is 23.2 Å². The van der Waals surface area contributed by atoms with Gasteiger partial charge in [0, 0.05) is 23.9 Å². The maximum atomic E-state index is 12.8. The van der Waals surface area contributed by atoms with Gasteiger partial charge < -0.3 is 0 Å². The van der Waals surface area contributed by atoms with Crippen molar-refractivity contribution in [3.05, 3.63) is 58.0 Å². The van der Waals surface area contributed by atoms with Crippen molar-refractivity contribution in [2.24, 2.45) is 0 Å². The fourth-order valence-electron chi connectivity index (χ4n) is 2.18. The van der Waals surface area contributed by atoms with E-state index in [-0.39, 0.29) is 11.6 Å². The van der Waals surface area contributed by atoms with Crippen molar-refractivity contribution in [2.45, 2.75) is 18.0 Å². The summed E-state index contributed by atoms with van der Waals surface area (Å²) in [5.41, 5.74) is 1.07. The van der Waals surface area contributed by atoms with Gasteiger partial charge in [-0.15, -0.1) is 10.2 Å². The van der Waals surface area contributed by atoms with Crippen LogP contribution in [0.25, 0.3) is 5.65 Å². The summed E-state index contributed by atoms with van der Waals surface area (Å²) in [7, 11) is 0. The number of pyridine rings is 1. The minimum Gasteiger partial charge on any atom is -0.294 e. The second-order valence-corrected chi connectivity index (χ2v) is 6.97. The summed E-state index contributed by atoms with van der Waals surface area (Å²) in [6.07, 6.45) is 2.76. The van der Waals surface area contributed by atoms with Crippen LogP contribution in [0.5, 0.6) is 0 Å². The van der Waals surface area contributed by atoms with Gasteiger partial charge in [0.2, 0.25) is 0 Å². The number of fused-ring (bicyclic) bond motifs is 1. The number of thioether (sulfide) groups is 1. The number of carbonyl (C=O) groups excluding carboxylic acids is 1. The number of halogens is 3. The molecule has 0 radical (unpaired) electrons. The zero-order valence-electron chi connectivity index (χ0n) is 12.4. The SMILES string of the molecule is O=C(CCCSc1nnc2c(Cl)cc(Cl)cn12)c1ccc(F)cc1. The molecule has 24 heavy (non-hydrogen) atoms. The maximum absolute atomic E-state index is 12.8. The molecule has 0 unspecified atom stereocenters. The number of ketones is 1. The van der Waals surface area contributed by atoms with Crippen molar-refractivity contribution in [2.75, 3.05) is 5.75 Å². The number of aromatic nitrogens is 3. The molecule has 3 aromatic rings. The molecule has 0 aliphatic heterocycles. The fraction of sp³-hybridized carbons (Fsp3) is 0.188. The molecule has 4 nitrogen and oxygen atoms in total. The Morgan fingerprint density at radius 1 is 1.21 bits per heavy atom. The number of hydrogen-bond acceptors (Lipinski definition) is 4. The third kappa shape index (κ3) is 3.88. The van der Waals surface area contributed by atoms with Crippen molar-refractivity contribution >= 4 is 46.4 Å². The van der Waals surface area contributed by atoms with Crippen LogP contribution >= 0.6 is 35.0 Å². The molecule has 0 bridgehead atoms. The molecule has 1 aromatic carbocycles. The first-order valence-corrected chi connectivity index (χ1v) is 8.90. The number of rotatable bonds is 6. The van der Waals surface area contributed by atoms with Gasteiger partial charge in [-0.25, -0.2) is 4.39 Å². The lowest BCUT2D eigenvalue weighted by atomic mass is 10.1. The summed E-state index contributed by atoms with van der Waals surface area (Å²) >= 11 is 13.5. The lowest BCUT2D eigenvalue weighted by Gasteiger charge is -2.02. The molecule has 0 saturated heterocycles. The van der Waals surface area contributed by atoms with E-state index in [1.54, 1.807) is 16.7 Å². The van der Waals surface area contributed by atoms with Crippen molar-refractivity contribution < 1.29 is 9.18 Å². The molecule has 0 aliphatic rings. The molecule has 0 atom stereocenters. The molecule has 0 saturated carbocycles. The van der Waals surface area contributed by atoms with Crippen LogP contribution in [0.15, 0.2) is 41.7 Å². The van der Waals surface area contributed by atoms with E-state index in [9.17, 15) is 9.18 Å². The standard InChI is InChI=1S/C16H12Cl2FN3OS/c17-11-8-13(18)15-20-21-16(22(15)9-11)24-7-1-2-14(23)10-3-5-12(19)6-4-10/h3-6,8-9H,1-2,7H2. The highest BCUT2D eigenvalue weighted by Crippen LogP contribution is 2.25. The normalized spacial score (nSPS) is 11.1. The van der Waals surface area contributed by atoms with Gasteiger partial charge in [-0.1, -0.05) is 35.0 Å². The number of nitrogens with zero attached hydrogens (tertiary/aromatic N) is 3. The highest BCUT2D eigenvalue weighted by atomic mass is 35.5. The van der Waals surface area contributed by atoms with Crippen LogP contribution in [0, 0.1) is 5.82 Å².